The molecule has 2 amide bonds. The lowest BCUT2D eigenvalue weighted by Crippen LogP contribution is -2.41. The van der Waals surface area contributed by atoms with Gasteiger partial charge in [-0.1, -0.05) is 78.9 Å². The fraction of sp³-hybridized carbons (Fsp3) is 0.250. The van der Waals surface area contributed by atoms with Crippen molar-refractivity contribution in [3.8, 4) is 11.1 Å². The topological polar surface area (TPSA) is 95.9 Å². The first-order chi connectivity index (χ1) is 16.9. The third-order valence-corrected chi connectivity index (χ3v) is 6.08. The molecule has 2 N–H and O–H groups in total. The van der Waals surface area contributed by atoms with Gasteiger partial charge in [0.1, 0.15) is 13.2 Å². The van der Waals surface area contributed by atoms with Crippen LogP contribution in [-0.4, -0.2) is 47.2 Å². The van der Waals surface area contributed by atoms with Crippen molar-refractivity contribution >= 4 is 18.0 Å². The number of hydrogen-bond donors (Lipinski definition) is 2. The molecule has 0 saturated carbocycles. The monoisotopic (exact) mass is 472 g/mol. The summed E-state index contributed by atoms with van der Waals surface area (Å²) in [7, 11) is 0. The number of carboxylic acids is 1. The van der Waals surface area contributed by atoms with Crippen molar-refractivity contribution < 1.29 is 24.2 Å². The molecule has 180 valence electrons. The summed E-state index contributed by atoms with van der Waals surface area (Å²) in [4.78, 5) is 37.8. The van der Waals surface area contributed by atoms with Crippen LogP contribution in [0.5, 0.6) is 0 Å². The lowest BCUT2D eigenvalue weighted by molar-refractivity contribution is -0.145. The lowest BCUT2D eigenvalue weighted by Gasteiger charge is -2.23. The van der Waals surface area contributed by atoms with Crippen LogP contribution in [0.2, 0.25) is 0 Å². The maximum absolute atomic E-state index is 12.8. The third kappa shape index (κ3) is 5.87. The van der Waals surface area contributed by atoms with Gasteiger partial charge >= 0.3 is 12.1 Å². The van der Waals surface area contributed by atoms with E-state index in [9.17, 15) is 19.5 Å². The molecule has 0 radical (unpaired) electrons. The van der Waals surface area contributed by atoms with Gasteiger partial charge in [0.2, 0.25) is 5.91 Å². The van der Waals surface area contributed by atoms with Gasteiger partial charge in [-0.2, -0.15) is 0 Å². The normalized spacial score (nSPS) is 12.8. The minimum atomic E-state index is -1.09. The Bertz CT molecular complexity index is 1170. The highest BCUT2D eigenvalue weighted by Crippen LogP contribution is 2.44. The summed E-state index contributed by atoms with van der Waals surface area (Å²) >= 11 is 0. The van der Waals surface area contributed by atoms with E-state index < -0.39 is 24.6 Å². The van der Waals surface area contributed by atoms with Gasteiger partial charge in [-0.05, 0) is 34.7 Å². The zero-order chi connectivity index (χ0) is 24.8. The first-order valence-electron chi connectivity index (χ1n) is 11.6. The standard InChI is InChI=1S/C28H28N2O5/c1-19(15-26(31)30(17-27(32)33)16-20-9-3-2-4-10-20)29-28(34)35-18-25-23-13-7-5-11-21(23)22-12-6-8-14-24(22)25/h2-14,19,25H,15-18H2,1H3,(H,29,34)(H,32,33)/t19-/m0/s1. The maximum atomic E-state index is 12.8. The quantitative estimate of drug-likeness (QED) is 0.481. The Labute approximate surface area is 204 Å². The highest BCUT2D eigenvalue weighted by molar-refractivity contribution is 5.82. The SMILES string of the molecule is C[C@@H](CC(=O)N(CC(=O)O)Cc1ccccc1)NC(=O)OCC1c2ccccc2-c2ccccc21. The number of nitrogens with zero attached hydrogens (tertiary/aromatic N) is 1. The minimum absolute atomic E-state index is 0.0374. The van der Waals surface area contributed by atoms with Gasteiger partial charge in [0.15, 0.2) is 0 Å². The zero-order valence-electron chi connectivity index (χ0n) is 19.5. The average molecular weight is 473 g/mol. The van der Waals surface area contributed by atoms with Crippen LogP contribution < -0.4 is 5.32 Å². The van der Waals surface area contributed by atoms with Gasteiger partial charge in [0, 0.05) is 24.9 Å². The second kappa shape index (κ2) is 10.9. The number of amides is 2. The van der Waals surface area contributed by atoms with Crippen molar-refractivity contribution in [1.82, 2.24) is 10.2 Å². The number of nitrogens with one attached hydrogen (secondary N) is 1. The smallest absolute Gasteiger partial charge is 0.407 e. The molecule has 0 spiro atoms. The number of ether oxygens (including phenoxy) is 1. The molecule has 3 aromatic rings. The average Bonchev–Trinajstić information content (AvgIpc) is 3.16. The van der Waals surface area contributed by atoms with Crippen LogP contribution in [0, 0.1) is 0 Å². The molecule has 0 aliphatic heterocycles. The van der Waals surface area contributed by atoms with E-state index in [1.807, 2.05) is 66.7 Å². The van der Waals surface area contributed by atoms with Crippen LogP contribution in [0.1, 0.15) is 36.0 Å². The van der Waals surface area contributed by atoms with E-state index in [2.05, 4.69) is 17.4 Å². The van der Waals surface area contributed by atoms with Crippen molar-refractivity contribution in [2.24, 2.45) is 0 Å². The molecule has 1 aliphatic carbocycles. The molecule has 1 aliphatic rings. The van der Waals surface area contributed by atoms with E-state index in [-0.39, 0.29) is 31.4 Å². The number of carboxylic acid groups (broad SMARTS) is 1. The Morgan fingerprint density at radius 3 is 2.09 bits per heavy atom. The fourth-order valence-electron chi connectivity index (χ4n) is 4.48. The molecule has 0 aromatic heterocycles. The summed E-state index contributed by atoms with van der Waals surface area (Å²) in [6.07, 6.45) is -0.648. The lowest BCUT2D eigenvalue weighted by atomic mass is 9.98. The summed E-state index contributed by atoms with van der Waals surface area (Å²) in [5, 5.41) is 11.9. The summed E-state index contributed by atoms with van der Waals surface area (Å²) in [6, 6.07) is 24.8. The summed E-state index contributed by atoms with van der Waals surface area (Å²) in [5.74, 6) is -1.50. The molecule has 0 saturated heterocycles. The highest BCUT2D eigenvalue weighted by Gasteiger charge is 2.29. The number of fused-ring (bicyclic) bond motifs is 3. The molecular formula is C28H28N2O5. The Kier molecular flexibility index (Phi) is 7.45. The fourth-order valence-corrected chi connectivity index (χ4v) is 4.48. The highest BCUT2D eigenvalue weighted by atomic mass is 16.5. The van der Waals surface area contributed by atoms with E-state index >= 15 is 0 Å². The van der Waals surface area contributed by atoms with Crippen LogP contribution in [0.25, 0.3) is 11.1 Å². The number of rotatable bonds is 9. The molecule has 1 atom stereocenters. The Morgan fingerprint density at radius 1 is 0.914 bits per heavy atom. The van der Waals surface area contributed by atoms with E-state index in [0.29, 0.717) is 0 Å². The Hall–Kier alpha value is -4.13. The van der Waals surface area contributed by atoms with E-state index in [0.717, 1.165) is 27.8 Å². The van der Waals surface area contributed by atoms with E-state index in [1.165, 1.54) is 4.90 Å². The van der Waals surface area contributed by atoms with Crippen molar-refractivity contribution in [3.63, 3.8) is 0 Å². The Balaban J connectivity index is 1.33. The van der Waals surface area contributed by atoms with E-state index in [1.54, 1.807) is 6.92 Å². The third-order valence-electron chi connectivity index (χ3n) is 6.08. The predicted octanol–water partition coefficient (Wildman–Crippen LogP) is 4.42. The molecule has 7 heteroatoms. The second-order valence-corrected chi connectivity index (χ2v) is 8.70. The van der Waals surface area contributed by atoms with Crippen LogP contribution >= 0.6 is 0 Å². The van der Waals surface area contributed by atoms with Crippen LogP contribution in [0.15, 0.2) is 78.9 Å². The molecule has 35 heavy (non-hydrogen) atoms. The van der Waals surface area contributed by atoms with Crippen LogP contribution in [0.3, 0.4) is 0 Å². The molecule has 0 heterocycles. The summed E-state index contributed by atoms with van der Waals surface area (Å²) in [5.41, 5.74) is 5.37. The van der Waals surface area contributed by atoms with Crippen molar-refractivity contribution in [1.29, 1.82) is 0 Å². The van der Waals surface area contributed by atoms with Crippen molar-refractivity contribution in [2.75, 3.05) is 13.2 Å². The Morgan fingerprint density at radius 2 is 1.49 bits per heavy atom. The van der Waals surface area contributed by atoms with Gasteiger partial charge in [0.05, 0.1) is 0 Å². The number of alkyl carbamates (subject to hydrolysis) is 1. The molecular weight excluding hydrogens is 444 g/mol. The van der Waals surface area contributed by atoms with Crippen molar-refractivity contribution in [2.45, 2.75) is 31.8 Å². The van der Waals surface area contributed by atoms with Gasteiger partial charge in [-0.3, -0.25) is 9.59 Å². The maximum Gasteiger partial charge on any atom is 0.407 e. The van der Waals surface area contributed by atoms with Gasteiger partial charge < -0.3 is 20.1 Å². The summed E-state index contributed by atoms with van der Waals surface area (Å²) in [6.45, 7) is 1.65. The largest absolute Gasteiger partial charge is 0.480 e. The molecule has 4 rings (SSSR count). The number of benzene rings is 3. The van der Waals surface area contributed by atoms with Gasteiger partial charge in [-0.15, -0.1) is 0 Å². The zero-order valence-corrected chi connectivity index (χ0v) is 19.5. The first kappa shape index (κ1) is 24.0. The molecule has 0 fully saturated rings. The predicted molar refractivity (Wildman–Crippen MR) is 132 cm³/mol. The number of aliphatic carboxylic acids is 1. The first-order valence-corrected chi connectivity index (χ1v) is 11.6. The number of hydrogen-bond acceptors (Lipinski definition) is 4. The number of carbonyl (C=O) groups is 3. The molecule has 0 bridgehead atoms. The van der Waals surface area contributed by atoms with Crippen LogP contribution in [-0.2, 0) is 20.9 Å². The van der Waals surface area contributed by atoms with Gasteiger partial charge in [0.25, 0.3) is 0 Å². The molecule has 3 aromatic carbocycles. The van der Waals surface area contributed by atoms with E-state index in [4.69, 9.17) is 4.74 Å². The second-order valence-electron chi connectivity index (χ2n) is 8.70. The molecule has 7 nitrogen and oxygen atoms in total. The van der Waals surface area contributed by atoms with Crippen LogP contribution in [0.4, 0.5) is 4.79 Å². The summed E-state index contributed by atoms with van der Waals surface area (Å²) < 4.78 is 5.54. The minimum Gasteiger partial charge on any atom is -0.480 e. The number of carbonyl (C=O) groups excluding carboxylic acids is 2. The molecule has 0 unspecified atom stereocenters. The van der Waals surface area contributed by atoms with Gasteiger partial charge in [-0.25, -0.2) is 4.79 Å². The van der Waals surface area contributed by atoms with Crippen molar-refractivity contribution in [3.05, 3.63) is 95.6 Å².